The summed E-state index contributed by atoms with van der Waals surface area (Å²) in [6, 6.07) is 5.59. The Bertz CT molecular complexity index is 1050. The molecule has 1 fully saturated rings. The van der Waals surface area contributed by atoms with Crippen LogP contribution in [0.3, 0.4) is 0 Å². The number of alkyl halides is 1. The second kappa shape index (κ2) is 8.75. The monoisotopic (exact) mass is 480 g/mol. The molecule has 1 aliphatic rings. The molecule has 3 atom stereocenters. The fourth-order valence-corrected chi connectivity index (χ4v) is 4.19. The lowest BCUT2D eigenvalue weighted by atomic mass is 10.2. The Balaban J connectivity index is 1.63. The standard InChI is InChI=1S/C20H22BrFN4O4/c1-28-12-4-3-11(16(6-12)29-2)7-23-18-17-14(21)8-26(19(17)25-10-24-18)20-15(22)5-13(9-27)30-20/h3-4,6,8,10,13,15,20,27H,5,7,9H2,1-2H3,(H,23,24,25). The van der Waals surface area contributed by atoms with Crippen molar-refractivity contribution in [3.63, 3.8) is 0 Å². The maximum absolute atomic E-state index is 14.5. The smallest absolute Gasteiger partial charge is 0.167 e. The number of nitrogens with one attached hydrogen (secondary N) is 1. The number of fused-ring (bicyclic) bond motifs is 1. The zero-order valence-corrected chi connectivity index (χ0v) is 18.1. The van der Waals surface area contributed by atoms with E-state index in [9.17, 15) is 9.50 Å². The van der Waals surface area contributed by atoms with Gasteiger partial charge in [0.05, 0.1) is 32.3 Å². The third kappa shape index (κ3) is 3.82. The number of methoxy groups -OCH3 is 2. The molecule has 10 heteroatoms. The molecular formula is C20H22BrFN4O4. The molecule has 2 aromatic heterocycles. The minimum Gasteiger partial charge on any atom is -0.497 e. The zero-order valence-electron chi connectivity index (χ0n) is 16.5. The number of halogens is 2. The van der Waals surface area contributed by atoms with Gasteiger partial charge in [-0.1, -0.05) is 0 Å². The summed E-state index contributed by atoms with van der Waals surface area (Å²) < 4.78 is 33.2. The van der Waals surface area contributed by atoms with Gasteiger partial charge in [0.1, 0.15) is 35.5 Å². The van der Waals surface area contributed by atoms with E-state index in [0.29, 0.717) is 39.4 Å². The molecule has 4 rings (SSSR count). The van der Waals surface area contributed by atoms with Gasteiger partial charge in [0.15, 0.2) is 6.23 Å². The fourth-order valence-electron chi connectivity index (χ4n) is 3.61. The first-order valence-corrected chi connectivity index (χ1v) is 10.2. The van der Waals surface area contributed by atoms with Crippen LogP contribution in [0.1, 0.15) is 18.2 Å². The number of aliphatic hydroxyl groups excluding tert-OH is 1. The minimum atomic E-state index is -1.24. The number of anilines is 1. The third-order valence-corrected chi connectivity index (χ3v) is 5.71. The van der Waals surface area contributed by atoms with Gasteiger partial charge in [-0.2, -0.15) is 0 Å². The Kier molecular flexibility index (Phi) is 6.07. The number of benzene rings is 1. The number of aromatic nitrogens is 3. The van der Waals surface area contributed by atoms with Crippen molar-refractivity contribution in [2.24, 2.45) is 0 Å². The van der Waals surface area contributed by atoms with E-state index in [2.05, 4.69) is 31.2 Å². The predicted octanol–water partition coefficient (Wildman–Crippen LogP) is 3.44. The van der Waals surface area contributed by atoms with Crippen LogP contribution in [-0.4, -0.2) is 52.7 Å². The first kappa shape index (κ1) is 20.8. The molecule has 1 aliphatic heterocycles. The van der Waals surface area contributed by atoms with Crippen LogP contribution in [0.4, 0.5) is 10.2 Å². The average Bonchev–Trinajstić information content (AvgIpc) is 3.31. The Labute approximate surface area is 181 Å². The Morgan fingerprint density at radius 3 is 2.87 bits per heavy atom. The topological polar surface area (TPSA) is 90.7 Å². The lowest BCUT2D eigenvalue weighted by Crippen LogP contribution is -2.17. The van der Waals surface area contributed by atoms with Gasteiger partial charge in [-0.3, -0.25) is 0 Å². The number of rotatable bonds is 7. The predicted molar refractivity (Wildman–Crippen MR) is 113 cm³/mol. The quantitative estimate of drug-likeness (QED) is 0.535. The van der Waals surface area contributed by atoms with Crippen molar-refractivity contribution in [1.29, 1.82) is 0 Å². The zero-order chi connectivity index (χ0) is 21.3. The Hall–Kier alpha value is -2.43. The van der Waals surface area contributed by atoms with Crippen LogP contribution < -0.4 is 14.8 Å². The van der Waals surface area contributed by atoms with E-state index in [1.165, 1.54) is 6.33 Å². The van der Waals surface area contributed by atoms with Gasteiger partial charge >= 0.3 is 0 Å². The molecule has 2 N–H and O–H groups in total. The van der Waals surface area contributed by atoms with Crippen molar-refractivity contribution < 1.29 is 23.7 Å². The van der Waals surface area contributed by atoms with E-state index in [-0.39, 0.29) is 13.0 Å². The van der Waals surface area contributed by atoms with Crippen molar-refractivity contribution in [1.82, 2.24) is 14.5 Å². The summed E-state index contributed by atoms with van der Waals surface area (Å²) in [5, 5.41) is 13.3. The maximum atomic E-state index is 14.5. The molecule has 30 heavy (non-hydrogen) atoms. The van der Waals surface area contributed by atoms with Crippen molar-refractivity contribution >= 4 is 32.8 Å². The van der Waals surface area contributed by atoms with Crippen LogP contribution in [0.25, 0.3) is 11.0 Å². The lowest BCUT2D eigenvalue weighted by Gasteiger charge is -2.16. The lowest BCUT2D eigenvalue weighted by molar-refractivity contribution is -0.0349. The largest absolute Gasteiger partial charge is 0.497 e. The summed E-state index contributed by atoms with van der Waals surface area (Å²) in [6.07, 6.45) is 0.689. The molecule has 0 aliphatic carbocycles. The van der Waals surface area contributed by atoms with Gasteiger partial charge in [0.2, 0.25) is 0 Å². The van der Waals surface area contributed by atoms with Crippen LogP contribution >= 0.6 is 15.9 Å². The first-order valence-electron chi connectivity index (χ1n) is 9.42. The van der Waals surface area contributed by atoms with Gasteiger partial charge in [0, 0.05) is 35.3 Å². The SMILES string of the molecule is COc1ccc(CNc2ncnc3c2c(Br)cn3C2OC(CO)CC2F)c(OC)c1. The fraction of sp³-hybridized carbons (Fsp3) is 0.400. The van der Waals surface area contributed by atoms with Crippen LogP contribution in [0, 0.1) is 0 Å². The first-order chi connectivity index (χ1) is 14.5. The summed E-state index contributed by atoms with van der Waals surface area (Å²) in [4.78, 5) is 8.69. The van der Waals surface area contributed by atoms with E-state index < -0.39 is 18.5 Å². The van der Waals surface area contributed by atoms with Crippen molar-refractivity contribution in [3.05, 3.63) is 40.8 Å². The van der Waals surface area contributed by atoms with Gasteiger partial charge in [-0.15, -0.1) is 0 Å². The summed E-state index contributed by atoms with van der Waals surface area (Å²) in [5.41, 5.74) is 1.46. The van der Waals surface area contributed by atoms with Crippen LogP contribution in [-0.2, 0) is 11.3 Å². The van der Waals surface area contributed by atoms with Crippen molar-refractivity contribution in [2.45, 2.75) is 31.5 Å². The van der Waals surface area contributed by atoms with E-state index in [0.717, 1.165) is 5.56 Å². The highest BCUT2D eigenvalue weighted by molar-refractivity contribution is 9.10. The summed E-state index contributed by atoms with van der Waals surface area (Å²) >= 11 is 3.53. The summed E-state index contributed by atoms with van der Waals surface area (Å²) in [6.45, 7) is 0.234. The molecule has 8 nitrogen and oxygen atoms in total. The number of hydrogen-bond donors (Lipinski definition) is 2. The normalized spacial score (nSPS) is 21.2. The average molecular weight is 481 g/mol. The van der Waals surface area contributed by atoms with Gasteiger partial charge in [0.25, 0.3) is 0 Å². The molecule has 160 valence electrons. The Morgan fingerprint density at radius 2 is 2.17 bits per heavy atom. The number of ether oxygens (including phenoxy) is 3. The second-order valence-electron chi connectivity index (χ2n) is 6.92. The van der Waals surface area contributed by atoms with Crippen molar-refractivity contribution in [2.75, 3.05) is 26.1 Å². The summed E-state index contributed by atoms with van der Waals surface area (Å²) in [5.74, 6) is 1.99. The van der Waals surface area contributed by atoms with E-state index in [4.69, 9.17) is 14.2 Å². The van der Waals surface area contributed by atoms with Gasteiger partial charge in [-0.25, -0.2) is 14.4 Å². The van der Waals surface area contributed by atoms with Crippen LogP contribution in [0.15, 0.2) is 35.2 Å². The van der Waals surface area contributed by atoms with E-state index in [1.807, 2.05) is 18.2 Å². The molecule has 0 radical (unpaired) electrons. The van der Waals surface area contributed by atoms with Crippen molar-refractivity contribution in [3.8, 4) is 11.5 Å². The molecule has 1 saturated heterocycles. The highest BCUT2D eigenvalue weighted by Crippen LogP contribution is 2.38. The molecule has 3 unspecified atom stereocenters. The highest BCUT2D eigenvalue weighted by atomic mass is 79.9. The molecule has 3 aromatic rings. The highest BCUT2D eigenvalue weighted by Gasteiger charge is 2.37. The molecule has 0 saturated carbocycles. The molecule has 0 amide bonds. The molecule has 3 heterocycles. The molecule has 0 bridgehead atoms. The molecule has 1 aromatic carbocycles. The third-order valence-electron chi connectivity index (χ3n) is 5.11. The van der Waals surface area contributed by atoms with Gasteiger partial charge in [-0.05, 0) is 28.1 Å². The number of nitrogens with zero attached hydrogens (tertiary/aromatic N) is 3. The van der Waals surface area contributed by atoms with E-state index >= 15 is 0 Å². The number of hydrogen-bond acceptors (Lipinski definition) is 7. The molecule has 0 spiro atoms. The van der Waals surface area contributed by atoms with Crippen LogP contribution in [0.5, 0.6) is 11.5 Å². The number of aliphatic hydroxyl groups is 1. The van der Waals surface area contributed by atoms with Gasteiger partial charge < -0.3 is 29.2 Å². The van der Waals surface area contributed by atoms with Crippen LogP contribution in [0.2, 0.25) is 0 Å². The molecular weight excluding hydrogens is 459 g/mol. The minimum absolute atomic E-state index is 0.145. The second-order valence-corrected chi connectivity index (χ2v) is 7.77. The summed E-state index contributed by atoms with van der Waals surface area (Å²) in [7, 11) is 3.21. The van der Waals surface area contributed by atoms with E-state index in [1.54, 1.807) is 25.0 Å². The maximum Gasteiger partial charge on any atom is 0.167 e. The Morgan fingerprint density at radius 1 is 1.33 bits per heavy atom.